The van der Waals surface area contributed by atoms with Gasteiger partial charge in [-0.3, -0.25) is 4.68 Å². The fourth-order valence-electron chi connectivity index (χ4n) is 1.22. The largest absolute Gasteiger partial charge is 0.392 e. The fraction of sp³-hybridized carbons (Fsp3) is 0.500. The molecule has 0 fully saturated rings. The number of aryl methyl sites for hydroxylation is 2. The first-order chi connectivity index (χ1) is 6.27. The molecule has 0 radical (unpaired) electrons. The summed E-state index contributed by atoms with van der Waals surface area (Å²) in [5, 5.41) is 13.0. The Balaban J connectivity index is 2.77. The van der Waals surface area contributed by atoms with Crippen LogP contribution < -0.4 is 0 Å². The van der Waals surface area contributed by atoms with Gasteiger partial charge in [0.15, 0.2) is 0 Å². The highest BCUT2D eigenvalue weighted by Gasteiger charge is 1.99. The third-order valence-corrected chi connectivity index (χ3v) is 1.84. The molecular weight excluding hydrogens is 164 g/mol. The topological polar surface area (TPSA) is 38.0 Å². The summed E-state index contributed by atoms with van der Waals surface area (Å²) in [4.78, 5) is 0. The van der Waals surface area contributed by atoms with Crippen molar-refractivity contribution >= 4 is 6.08 Å². The van der Waals surface area contributed by atoms with E-state index in [0.717, 1.165) is 24.2 Å². The highest BCUT2D eigenvalue weighted by molar-refractivity contribution is 5.50. The molecule has 3 heteroatoms. The van der Waals surface area contributed by atoms with Crippen LogP contribution in [0.5, 0.6) is 0 Å². The van der Waals surface area contributed by atoms with Crippen LogP contribution in [0.4, 0.5) is 0 Å². The summed E-state index contributed by atoms with van der Waals surface area (Å²) in [6.45, 7) is 5.13. The Labute approximate surface area is 78.7 Å². The van der Waals surface area contributed by atoms with E-state index in [9.17, 15) is 0 Å². The number of aliphatic hydroxyl groups excluding tert-OH is 1. The standard InChI is InChI=1S/C10H16N2O/c1-3-6-12-8-10(5-4-7-13)9(2)11-12/h4-5,8,13H,3,6-7H2,1-2H3. The maximum absolute atomic E-state index is 8.61. The van der Waals surface area contributed by atoms with Gasteiger partial charge in [-0.1, -0.05) is 19.1 Å². The monoisotopic (exact) mass is 180 g/mol. The Kier molecular flexibility index (Phi) is 3.71. The molecule has 0 aliphatic heterocycles. The molecule has 0 saturated heterocycles. The number of aliphatic hydroxyl groups is 1. The first-order valence-electron chi connectivity index (χ1n) is 4.59. The van der Waals surface area contributed by atoms with Crippen molar-refractivity contribution in [2.24, 2.45) is 0 Å². The number of nitrogens with zero attached hydrogens (tertiary/aromatic N) is 2. The van der Waals surface area contributed by atoms with E-state index in [1.54, 1.807) is 6.08 Å². The van der Waals surface area contributed by atoms with Crippen LogP contribution >= 0.6 is 0 Å². The molecule has 1 heterocycles. The highest BCUT2D eigenvalue weighted by atomic mass is 16.2. The minimum atomic E-state index is 0.0817. The molecule has 0 aliphatic carbocycles. The average Bonchev–Trinajstić information content (AvgIpc) is 2.44. The van der Waals surface area contributed by atoms with Crippen molar-refractivity contribution in [1.82, 2.24) is 9.78 Å². The molecular formula is C10H16N2O. The number of rotatable bonds is 4. The first kappa shape index (κ1) is 9.99. The molecule has 0 aromatic carbocycles. The van der Waals surface area contributed by atoms with E-state index in [4.69, 9.17) is 5.11 Å². The minimum Gasteiger partial charge on any atom is -0.392 e. The Bertz CT molecular complexity index is 289. The average molecular weight is 180 g/mol. The van der Waals surface area contributed by atoms with Gasteiger partial charge in [0.25, 0.3) is 0 Å². The van der Waals surface area contributed by atoms with Gasteiger partial charge in [0.2, 0.25) is 0 Å². The summed E-state index contributed by atoms with van der Waals surface area (Å²) in [7, 11) is 0. The van der Waals surface area contributed by atoms with Gasteiger partial charge in [0, 0.05) is 18.3 Å². The van der Waals surface area contributed by atoms with Crippen molar-refractivity contribution in [2.75, 3.05) is 6.61 Å². The second-order valence-corrected chi connectivity index (χ2v) is 3.02. The van der Waals surface area contributed by atoms with Crippen LogP contribution in [0.15, 0.2) is 12.3 Å². The molecule has 0 atom stereocenters. The van der Waals surface area contributed by atoms with Gasteiger partial charge in [0.05, 0.1) is 12.3 Å². The lowest BCUT2D eigenvalue weighted by atomic mass is 10.2. The molecule has 0 bridgehead atoms. The van der Waals surface area contributed by atoms with Gasteiger partial charge < -0.3 is 5.11 Å². The molecule has 0 amide bonds. The minimum absolute atomic E-state index is 0.0817. The molecule has 1 rings (SSSR count). The van der Waals surface area contributed by atoms with Crippen LogP contribution in [0, 0.1) is 6.92 Å². The lowest BCUT2D eigenvalue weighted by molar-refractivity contribution is 0.343. The summed E-state index contributed by atoms with van der Waals surface area (Å²) in [6, 6.07) is 0. The third-order valence-electron chi connectivity index (χ3n) is 1.84. The SMILES string of the molecule is CCCn1cc(C=CCO)c(C)n1. The van der Waals surface area contributed by atoms with Crippen molar-refractivity contribution in [3.63, 3.8) is 0 Å². The zero-order valence-corrected chi connectivity index (χ0v) is 8.20. The van der Waals surface area contributed by atoms with Gasteiger partial charge in [-0.25, -0.2) is 0 Å². The zero-order chi connectivity index (χ0) is 9.68. The van der Waals surface area contributed by atoms with E-state index < -0.39 is 0 Å². The van der Waals surface area contributed by atoms with Crippen molar-refractivity contribution in [2.45, 2.75) is 26.8 Å². The van der Waals surface area contributed by atoms with Crippen molar-refractivity contribution in [1.29, 1.82) is 0 Å². The van der Waals surface area contributed by atoms with E-state index in [2.05, 4.69) is 12.0 Å². The summed E-state index contributed by atoms with van der Waals surface area (Å²) in [5.74, 6) is 0. The Hall–Kier alpha value is -1.09. The molecule has 3 nitrogen and oxygen atoms in total. The van der Waals surface area contributed by atoms with Gasteiger partial charge in [-0.2, -0.15) is 5.10 Å². The normalized spacial score (nSPS) is 11.3. The predicted molar refractivity (Wildman–Crippen MR) is 53.4 cm³/mol. The van der Waals surface area contributed by atoms with Crippen LogP contribution in [-0.4, -0.2) is 21.5 Å². The van der Waals surface area contributed by atoms with E-state index >= 15 is 0 Å². The maximum atomic E-state index is 8.61. The Morgan fingerprint density at radius 1 is 1.62 bits per heavy atom. The third kappa shape index (κ3) is 2.70. The molecule has 0 aliphatic rings. The summed E-state index contributed by atoms with van der Waals surface area (Å²) >= 11 is 0. The smallest absolute Gasteiger partial charge is 0.0665 e. The lowest BCUT2D eigenvalue weighted by Crippen LogP contribution is -1.96. The van der Waals surface area contributed by atoms with Gasteiger partial charge in [0.1, 0.15) is 0 Å². The summed E-state index contributed by atoms with van der Waals surface area (Å²) < 4.78 is 1.94. The second kappa shape index (κ2) is 4.82. The van der Waals surface area contributed by atoms with Crippen LogP contribution in [0.2, 0.25) is 0 Å². The maximum Gasteiger partial charge on any atom is 0.0665 e. The number of hydrogen-bond donors (Lipinski definition) is 1. The molecule has 72 valence electrons. The van der Waals surface area contributed by atoms with Crippen molar-refractivity contribution in [3.8, 4) is 0 Å². The van der Waals surface area contributed by atoms with Crippen LogP contribution in [0.3, 0.4) is 0 Å². The summed E-state index contributed by atoms with van der Waals surface area (Å²) in [5.41, 5.74) is 2.10. The molecule has 1 aromatic rings. The van der Waals surface area contributed by atoms with E-state index in [1.165, 1.54) is 0 Å². The molecule has 13 heavy (non-hydrogen) atoms. The van der Waals surface area contributed by atoms with E-state index in [-0.39, 0.29) is 6.61 Å². The van der Waals surface area contributed by atoms with E-state index in [1.807, 2.05) is 23.9 Å². The number of hydrogen-bond acceptors (Lipinski definition) is 2. The second-order valence-electron chi connectivity index (χ2n) is 3.02. The quantitative estimate of drug-likeness (QED) is 0.764. The first-order valence-corrected chi connectivity index (χ1v) is 4.59. The highest BCUT2D eigenvalue weighted by Crippen LogP contribution is 2.07. The van der Waals surface area contributed by atoms with Gasteiger partial charge in [-0.05, 0) is 13.3 Å². The van der Waals surface area contributed by atoms with Gasteiger partial charge in [-0.15, -0.1) is 0 Å². The number of aromatic nitrogens is 2. The van der Waals surface area contributed by atoms with E-state index in [0.29, 0.717) is 0 Å². The molecule has 1 aromatic heterocycles. The Morgan fingerprint density at radius 2 is 2.38 bits per heavy atom. The van der Waals surface area contributed by atoms with Crippen LogP contribution in [0.1, 0.15) is 24.6 Å². The molecule has 1 N–H and O–H groups in total. The zero-order valence-electron chi connectivity index (χ0n) is 8.20. The van der Waals surface area contributed by atoms with Crippen molar-refractivity contribution in [3.05, 3.63) is 23.5 Å². The van der Waals surface area contributed by atoms with Crippen LogP contribution in [0.25, 0.3) is 6.08 Å². The molecule has 0 spiro atoms. The van der Waals surface area contributed by atoms with Crippen molar-refractivity contribution < 1.29 is 5.11 Å². The molecule has 0 saturated carbocycles. The van der Waals surface area contributed by atoms with Crippen LogP contribution in [-0.2, 0) is 6.54 Å². The fourth-order valence-corrected chi connectivity index (χ4v) is 1.22. The summed E-state index contributed by atoms with van der Waals surface area (Å²) in [6.07, 6.45) is 6.71. The predicted octanol–water partition coefficient (Wildman–Crippen LogP) is 1.61. The molecule has 0 unspecified atom stereocenters. The Morgan fingerprint density at radius 3 is 3.00 bits per heavy atom. The van der Waals surface area contributed by atoms with Gasteiger partial charge >= 0.3 is 0 Å². The lowest BCUT2D eigenvalue weighted by Gasteiger charge is -1.93.